The maximum absolute atomic E-state index is 12.3. The number of rotatable bonds is 3. The van der Waals surface area contributed by atoms with Crippen molar-refractivity contribution >= 4 is 5.91 Å². The number of likely N-dealkylation sites (N-methyl/N-ethyl adjacent to an activating group) is 1. The van der Waals surface area contributed by atoms with Crippen molar-refractivity contribution in [2.45, 2.75) is 38.8 Å². The van der Waals surface area contributed by atoms with Crippen LogP contribution in [-0.4, -0.2) is 47.9 Å². The fraction of sp³-hybridized carbons (Fsp3) is 0.562. The van der Waals surface area contributed by atoms with E-state index >= 15 is 0 Å². The molecule has 0 spiro atoms. The first-order valence-electron chi connectivity index (χ1n) is 7.11. The van der Waals surface area contributed by atoms with Gasteiger partial charge in [-0.25, -0.2) is 0 Å². The minimum atomic E-state index is 0.288. The van der Waals surface area contributed by atoms with Gasteiger partial charge in [-0.1, -0.05) is 30.3 Å². The fourth-order valence-electron chi connectivity index (χ4n) is 2.66. The summed E-state index contributed by atoms with van der Waals surface area (Å²) in [4.78, 5) is 16.7. The summed E-state index contributed by atoms with van der Waals surface area (Å²) >= 11 is 0. The summed E-state index contributed by atoms with van der Waals surface area (Å²) in [6.45, 7) is 6.09. The van der Waals surface area contributed by atoms with Crippen LogP contribution in [-0.2, 0) is 11.2 Å². The molecule has 1 aromatic rings. The van der Waals surface area contributed by atoms with Gasteiger partial charge in [0.1, 0.15) is 0 Å². The average molecular weight is 260 g/mol. The van der Waals surface area contributed by atoms with Crippen LogP contribution in [0.15, 0.2) is 30.3 Å². The third-order valence-corrected chi connectivity index (χ3v) is 4.18. The lowest BCUT2D eigenvalue weighted by molar-refractivity contribution is -0.135. The number of piperazine rings is 1. The van der Waals surface area contributed by atoms with Gasteiger partial charge in [0.15, 0.2) is 0 Å². The highest BCUT2D eigenvalue weighted by molar-refractivity contribution is 5.76. The number of carbonyl (C=O) groups is 1. The Morgan fingerprint density at radius 3 is 2.32 bits per heavy atom. The smallest absolute Gasteiger partial charge is 0.223 e. The van der Waals surface area contributed by atoms with Crippen molar-refractivity contribution in [1.29, 1.82) is 0 Å². The summed E-state index contributed by atoms with van der Waals surface area (Å²) in [7, 11) is 2.14. The van der Waals surface area contributed by atoms with Gasteiger partial charge in [0, 0.05) is 31.6 Å². The van der Waals surface area contributed by atoms with Crippen molar-refractivity contribution in [3.05, 3.63) is 35.9 Å². The van der Waals surface area contributed by atoms with Crippen LogP contribution >= 0.6 is 0 Å². The van der Waals surface area contributed by atoms with Gasteiger partial charge in [-0.3, -0.25) is 9.69 Å². The van der Waals surface area contributed by atoms with E-state index in [1.165, 1.54) is 5.56 Å². The Labute approximate surface area is 116 Å². The number of nitrogens with zero attached hydrogens (tertiary/aromatic N) is 2. The van der Waals surface area contributed by atoms with E-state index in [1.807, 2.05) is 23.1 Å². The normalized spacial score (nSPS) is 24.5. The first-order valence-corrected chi connectivity index (χ1v) is 7.11. The zero-order valence-corrected chi connectivity index (χ0v) is 12.2. The predicted octanol–water partition coefficient (Wildman–Crippen LogP) is 2.17. The van der Waals surface area contributed by atoms with E-state index in [0.717, 1.165) is 19.5 Å². The Morgan fingerprint density at radius 1 is 1.16 bits per heavy atom. The van der Waals surface area contributed by atoms with Crippen LogP contribution in [0.4, 0.5) is 0 Å². The molecule has 104 valence electrons. The lowest BCUT2D eigenvalue weighted by Gasteiger charge is -2.42. The molecule has 1 aliphatic rings. The Kier molecular flexibility index (Phi) is 4.59. The van der Waals surface area contributed by atoms with E-state index < -0.39 is 0 Å². The molecule has 0 bridgehead atoms. The first-order chi connectivity index (χ1) is 9.08. The van der Waals surface area contributed by atoms with Crippen LogP contribution in [0.2, 0.25) is 0 Å². The molecule has 0 aliphatic carbocycles. The van der Waals surface area contributed by atoms with Crippen molar-refractivity contribution < 1.29 is 4.79 Å². The number of hydrogen-bond donors (Lipinski definition) is 0. The summed E-state index contributed by atoms with van der Waals surface area (Å²) in [5.74, 6) is 0.288. The molecule has 2 atom stereocenters. The van der Waals surface area contributed by atoms with Crippen LogP contribution in [0.5, 0.6) is 0 Å². The Morgan fingerprint density at radius 2 is 1.74 bits per heavy atom. The molecule has 1 heterocycles. The molecule has 1 amide bonds. The molecule has 0 N–H and O–H groups in total. The van der Waals surface area contributed by atoms with Crippen molar-refractivity contribution in [3.8, 4) is 0 Å². The molecule has 3 heteroatoms. The molecule has 2 rings (SSSR count). The van der Waals surface area contributed by atoms with E-state index in [-0.39, 0.29) is 5.91 Å². The highest BCUT2D eigenvalue weighted by Gasteiger charge is 2.28. The van der Waals surface area contributed by atoms with Gasteiger partial charge < -0.3 is 4.90 Å². The summed E-state index contributed by atoms with van der Waals surface area (Å²) in [5, 5.41) is 0. The van der Waals surface area contributed by atoms with Crippen molar-refractivity contribution in [3.63, 3.8) is 0 Å². The lowest BCUT2D eigenvalue weighted by Crippen LogP contribution is -2.56. The third-order valence-electron chi connectivity index (χ3n) is 4.18. The van der Waals surface area contributed by atoms with Gasteiger partial charge in [0.2, 0.25) is 5.91 Å². The predicted molar refractivity (Wildman–Crippen MR) is 78.0 cm³/mol. The van der Waals surface area contributed by atoms with Crippen LogP contribution < -0.4 is 0 Å². The largest absolute Gasteiger partial charge is 0.340 e. The summed E-state index contributed by atoms with van der Waals surface area (Å²) < 4.78 is 0. The van der Waals surface area contributed by atoms with E-state index in [2.05, 4.69) is 37.9 Å². The maximum atomic E-state index is 12.3. The molecule has 1 fully saturated rings. The first kappa shape index (κ1) is 14.1. The standard InChI is InChI=1S/C16H24N2O/c1-13-11-18(12-14(2)17(13)3)16(19)10-9-15-7-5-4-6-8-15/h4-8,13-14H,9-12H2,1-3H3. The second-order valence-corrected chi connectivity index (χ2v) is 5.65. The summed E-state index contributed by atoms with van der Waals surface area (Å²) in [6, 6.07) is 11.1. The lowest BCUT2D eigenvalue weighted by atomic mass is 10.1. The fourth-order valence-corrected chi connectivity index (χ4v) is 2.66. The molecule has 3 nitrogen and oxygen atoms in total. The minimum absolute atomic E-state index is 0.288. The zero-order valence-electron chi connectivity index (χ0n) is 12.2. The molecule has 0 aromatic heterocycles. The second-order valence-electron chi connectivity index (χ2n) is 5.65. The number of amides is 1. The van der Waals surface area contributed by atoms with Gasteiger partial charge >= 0.3 is 0 Å². The Hall–Kier alpha value is -1.35. The average Bonchev–Trinajstić information content (AvgIpc) is 2.42. The van der Waals surface area contributed by atoms with E-state index in [0.29, 0.717) is 18.5 Å². The molecular weight excluding hydrogens is 236 g/mol. The van der Waals surface area contributed by atoms with Crippen LogP contribution in [0, 0.1) is 0 Å². The molecule has 1 saturated heterocycles. The van der Waals surface area contributed by atoms with Crippen LogP contribution in [0.1, 0.15) is 25.8 Å². The Bertz CT molecular complexity index is 406. The highest BCUT2D eigenvalue weighted by Crippen LogP contribution is 2.15. The van der Waals surface area contributed by atoms with E-state index in [4.69, 9.17) is 0 Å². The van der Waals surface area contributed by atoms with Crippen molar-refractivity contribution in [1.82, 2.24) is 9.80 Å². The van der Waals surface area contributed by atoms with E-state index in [1.54, 1.807) is 0 Å². The molecule has 2 unspecified atom stereocenters. The second kappa shape index (κ2) is 6.20. The minimum Gasteiger partial charge on any atom is -0.340 e. The molecule has 0 saturated carbocycles. The van der Waals surface area contributed by atoms with Crippen molar-refractivity contribution in [2.24, 2.45) is 0 Å². The summed E-state index contributed by atoms with van der Waals surface area (Å²) in [6.07, 6.45) is 1.46. The Balaban J connectivity index is 1.87. The number of benzene rings is 1. The third kappa shape index (κ3) is 3.57. The maximum Gasteiger partial charge on any atom is 0.223 e. The van der Waals surface area contributed by atoms with Gasteiger partial charge in [0.05, 0.1) is 0 Å². The van der Waals surface area contributed by atoms with Gasteiger partial charge in [0.25, 0.3) is 0 Å². The molecule has 19 heavy (non-hydrogen) atoms. The van der Waals surface area contributed by atoms with E-state index in [9.17, 15) is 4.79 Å². The number of hydrogen-bond acceptors (Lipinski definition) is 2. The van der Waals surface area contributed by atoms with Crippen LogP contribution in [0.3, 0.4) is 0 Å². The van der Waals surface area contributed by atoms with Crippen LogP contribution in [0.25, 0.3) is 0 Å². The SMILES string of the molecule is CC1CN(C(=O)CCc2ccccc2)CC(C)N1C. The molecule has 1 aromatic carbocycles. The quantitative estimate of drug-likeness (QED) is 0.831. The molecule has 1 aliphatic heterocycles. The summed E-state index contributed by atoms with van der Waals surface area (Å²) in [5.41, 5.74) is 1.24. The molecule has 0 radical (unpaired) electrons. The van der Waals surface area contributed by atoms with Gasteiger partial charge in [-0.15, -0.1) is 0 Å². The zero-order chi connectivity index (χ0) is 13.8. The number of aryl methyl sites for hydroxylation is 1. The number of carbonyl (C=O) groups excluding carboxylic acids is 1. The topological polar surface area (TPSA) is 23.6 Å². The van der Waals surface area contributed by atoms with Gasteiger partial charge in [-0.2, -0.15) is 0 Å². The highest BCUT2D eigenvalue weighted by atomic mass is 16.2. The van der Waals surface area contributed by atoms with Crippen molar-refractivity contribution in [2.75, 3.05) is 20.1 Å². The van der Waals surface area contributed by atoms with Gasteiger partial charge in [-0.05, 0) is 32.9 Å². The molecular formula is C16H24N2O. The monoisotopic (exact) mass is 260 g/mol.